The summed E-state index contributed by atoms with van der Waals surface area (Å²) in [6, 6.07) is 0. The lowest BCUT2D eigenvalue weighted by Crippen LogP contribution is -2.30. The highest BCUT2D eigenvalue weighted by Crippen LogP contribution is 2.32. The second kappa shape index (κ2) is 7.26. The summed E-state index contributed by atoms with van der Waals surface area (Å²) in [4.78, 5) is 6.63. The Morgan fingerprint density at radius 1 is 1.35 bits per heavy atom. The van der Waals surface area contributed by atoms with Crippen molar-refractivity contribution in [2.75, 3.05) is 25.0 Å². The van der Waals surface area contributed by atoms with E-state index in [0.29, 0.717) is 11.7 Å². The van der Waals surface area contributed by atoms with Crippen LogP contribution in [0.25, 0.3) is 0 Å². The third-order valence-electron chi connectivity index (χ3n) is 3.07. The fourth-order valence-electron chi connectivity index (χ4n) is 1.79. The molecule has 1 rings (SSSR count). The molecule has 0 aromatic carbocycles. The summed E-state index contributed by atoms with van der Waals surface area (Å²) < 4.78 is 37.3. The Kier molecular flexibility index (Phi) is 6.26. The highest BCUT2D eigenvalue weighted by atomic mass is 32.1. The first-order chi connectivity index (χ1) is 9.28. The predicted molar refractivity (Wildman–Crippen MR) is 77.5 cm³/mol. The zero-order valence-electron chi connectivity index (χ0n) is 12.3. The van der Waals surface area contributed by atoms with E-state index in [4.69, 9.17) is 0 Å². The number of hydrogen-bond acceptors (Lipinski definition) is 4. The fraction of sp³-hybridized carbons (Fsp3) is 0.769. The van der Waals surface area contributed by atoms with Crippen molar-refractivity contribution < 1.29 is 13.2 Å². The van der Waals surface area contributed by atoms with E-state index in [-0.39, 0.29) is 5.92 Å². The molecule has 1 aromatic heterocycles. The van der Waals surface area contributed by atoms with Crippen LogP contribution in [0.15, 0.2) is 0 Å². The lowest BCUT2D eigenvalue weighted by Gasteiger charge is -2.17. The number of hydrogen-bond donors (Lipinski definition) is 1. The minimum atomic E-state index is -4.21. The van der Waals surface area contributed by atoms with Gasteiger partial charge in [-0.05, 0) is 18.9 Å². The number of halogens is 3. The molecule has 1 unspecified atom stereocenters. The molecule has 0 radical (unpaired) electrons. The summed E-state index contributed by atoms with van der Waals surface area (Å²) in [5.74, 6) is 0.257. The van der Waals surface area contributed by atoms with Gasteiger partial charge in [0.15, 0.2) is 5.13 Å². The van der Waals surface area contributed by atoms with E-state index in [1.807, 2.05) is 6.92 Å². The van der Waals surface area contributed by atoms with Gasteiger partial charge in [0.1, 0.15) is 6.54 Å². The summed E-state index contributed by atoms with van der Waals surface area (Å²) in [5.41, 5.74) is 0.919. The zero-order chi connectivity index (χ0) is 15.3. The average molecular weight is 309 g/mol. The Morgan fingerprint density at radius 3 is 2.50 bits per heavy atom. The highest BCUT2D eigenvalue weighted by Gasteiger charge is 2.31. The van der Waals surface area contributed by atoms with E-state index in [2.05, 4.69) is 24.1 Å². The largest absolute Gasteiger partial charge is 0.405 e. The molecule has 1 N–H and O–H groups in total. The van der Waals surface area contributed by atoms with Gasteiger partial charge in [-0.1, -0.05) is 20.8 Å². The Balaban J connectivity index is 2.95. The maximum Gasteiger partial charge on any atom is 0.405 e. The molecule has 3 nitrogen and oxygen atoms in total. The molecule has 0 saturated carbocycles. The molecule has 0 fully saturated rings. The van der Waals surface area contributed by atoms with Crippen molar-refractivity contribution in [2.45, 2.75) is 45.8 Å². The molecule has 20 heavy (non-hydrogen) atoms. The molecule has 0 spiro atoms. The second-order valence-electron chi connectivity index (χ2n) is 4.87. The van der Waals surface area contributed by atoms with Crippen molar-refractivity contribution in [3.63, 3.8) is 0 Å². The van der Waals surface area contributed by atoms with Gasteiger partial charge < -0.3 is 10.2 Å². The highest BCUT2D eigenvalue weighted by molar-refractivity contribution is 7.15. The number of nitrogens with zero attached hydrogens (tertiary/aromatic N) is 2. The molecule has 116 valence electrons. The van der Waals surface area contributed by atoms with Gasteiger partial charge in [-0.15, -0.1) is 11.3 Å². The Hall–Kier alpha value is -0.820. The van der Waals surface area contributed by atoms with Gasteiger partial charge >= 0.3 is 6.18 Å². The molecule has 0 aliphatic heterocycles. The Labute approximate surface area is 122 Å². The molecule has 0 saturated heterocycles. The minimum Gasteiger partial charge on any atom is -0.342 e. The number of anilines is 1. The average Bonchev–Trinajstić information content (AvgIpc) is 2.77. The van der Waals surface area contributed by atoms with Gasteiger partial charge in [0, 0.05) is 18.5 Å². The van der Waals surface area contributed by atoms with Crippen LogP contribution in [0.5, 0.6) is 0 Å². The van der Waals surface area contributed by atoms with Crippen molar-refractivity contribution in [1.82, 2.24) is 10.3 Å². The van der Waals surface area contributed by atoms with Gasteiger partial charge in [0.05, 0.1) is 5.69 Å². The lowest BCUT2D eigenvalue weighted by molar-refractivity contribution is -0.119. The summed E-state index contributed by atoms with van der Waals surface area (Å²) in [6.45, 7) is 6.62. The number of nitrogens with one attached hydrogen (secondary N) is 1. The molecular weight excluding hydrogens is 287 g/mol. The van der Waals surface area contributed by atoms with Crippen molar-refractivity contribution >= 4 is 16.5 Å². The summed E-state index contributed by atoms with van der Waals surface area (Å²) in [5, 5.41) is 3.65. The zero-order valence-corrected chi connectivity index (χ0v) is 13.2. The molecule has 1 atom stereocenters. The smallest absolute Gasteiger partial charge is 0.342 e. The number of rotatable bonds is 7. The number of thiazole rings is 1. The minimum absolute atomic E-state index is 0.257. The predicted octanol–water partition coefficient (Wildman–Crippen LogP) is 3.76. The van der Waals surface area contributed by atoms with Crippen molar-refractivity contribution in [3.05, 3.63) is 10.6 Å². The van der Waals surface area contributed by atoms with Crippen molar-refractivity contribution in [1.29, 1.82) is 0 Å². The van der Waals surface area contributed by atoms with Gasteiger partial charge in [-0.2, -0.15) is 13.2 Å². The van der Waals surface area contributed by atoms with Crippen LogP contribution in [0.3, 0.4) is 0 Å². The van der Waals surface area contributed by atoms with Crippen LogP contribution >= 0.6 is 11.3 Å². The van der Waals surface area contributed by atoms with Crippen LogP contribution in [-0.2, 0) is 6.54 Å². The number of aromatic nitrogens is 1. The first kappa shape index (κ1) is 17.2. The third kappa shape index (κ3) is 4.94. The maximum absolute atomic E-state index is 12.4. The molecule has 1 heterocycles. The summed E-state index contributed by atoms with van der Waals surface area (Å²) >= 11 is 1.34. The first-order valence-electron chi connectivity index (χ1n) is 6.76. The fourth-order valence-corrected chi connectivity index (χ4v) is 2.90. The lowest BCUT2D eigenvalue weighted by atomic mass is 10.0. The van der Waals surface area contributed by atoms with Gasteiger partial charge in [-0.25, -0.2) is 4.98 Å². The molecule has 0 amide bonds. The molecule has 7 heteroatoms. The van der Waals surface area contributed by atoms with E-state index in [1.54, 1.807) is 0 Å². The van der Waals surface area contributed by atoms with Crippen molar-refractivity contribution in [3.8, 4) is 0 Å². The maximum atomic E-state index is 12.4. The molecule has 0 bridgehead atoms. The first-order valence-corrected chi connectivity index (χ1v) is 7.58. The summed E-state index contributed by atoms with van der Waals surface area (Å²) in [6.07, 6.45) is -3.29. The van der Waals surface area contributed by atoms with Crippen LogP contribution in [-0.4, -0.2) is 31.3 Å². The Bertz CT molecular complexity index is 417. The van der Waals surface area contributed by atoms with Crippen LogP contribution in [0, 0.1) is 0 Å². The third-order valence-corrected chi connectivity index (χ3v) is 4.26. The van der Waals surface area contributed by atoms with Gasteiger partial charge in [-0.3, -0.25) is 0 Å². The monoisotopic (exact) mass is 309 g/mol. The van der Waals surface area contributed by atoms with Crippen LogP contribution in [0.4, 0.5) is 18.3 Å². The molecule has 0 aliphatic rings. The van der Waals surface area contributed by atoms with E-state index in [0.717, 1.165) is 23.5 Å². The topological polar surface area (TPSA) is 28.2 Å². The molecule has 0 aliphatic carbocycles. The van der Waals surface area contributed by atoms with E-state index in [9.17, 15) is 13.2 Å². The van der Waals surface area contributed by atoms with E-state index < -0.39 is 12.7 Å². The van der Waals surface area contributed by atoms with Crippen LogP contribution < -0.4 is 10.2 Å². The summed E-state index contributed by atoms with van der Waals surface area (Å²) in [7, 11) is 1.43. The van der Waals surface area contributed by atoms with Crippen molar-refractivity contribution in [2.24, 2.45) is 0 Å². The quantitative estimate of drug-likeness (QED) is 0.831. The van der Waals surface area contributed by atoms with Crippen LogP contribution in [0.2, 0.25) is 0 Å². The van der Waals surface area contributed by atoms with Crippen LogP contribution in [0.1, 0.15) is 43.7 Å². The molecular formula is C13H22F3N3S. The Morgan fingerprint density at radius 2 is 2.00 bits per heavy atom. The van der Waals surface area contributed by atoms with Gasteiger partial charge in [0.25, 0.3) is 0 Å². The number of alkyl halides is 3. The standard InChI is InChI=1S/C13H22F3N3S/c1-5-9(3)11-10(7-17-6-2)20-12(18-11)19(4)8-13(14,15)16/h9,17H,5-8H2,1-4H3. The second-order valence-corrected chi connectivity index (χ2v) is 5.93. The normalized spacial score (nSPS) is 13.6. The SMILES string of the molecule is CCNCc1sc(N(C)CC(F)(F)F)nc1C(C)CC. The van der Waals surface area contributed by atoms with E-state index in [1.165, 1.54) is 23.3 Å². The van der Waals surface area contributed by atoms with E-state index >= 15 is 0 Å². The molecule has 1 aromatic rings. The van der Waals surface area contributed by atoms with Gasteiger partial charge in [0.2, 0.25) is 0 Å².